The molecule has 14 heteroatoms. The van der Waals surface area contributed by atoms with E-state index < -0.39 is 86.7 Å². The first-order valence-corrected chi connectivity index (χ1v) is 31.1. The SMILES string of the molecule is CC/C=C\C/C=C\C/C=C\C/C=C\C/C=C\C/C=C\C/C=C\CCCC(=O)OC(COCCCCCCCCCCC/C=C\C/C=C\C/C=C\CCCCCCC)COC1OC(COC2OC(CO)C(O)C(O)C2O)C(O)C(O)C1O. The topological polar surface area (TPSA) is 214 Å². The van der Waals surface area contributed by atoms with Gasteiger partial charge in [-0.2, -0.15) is 0 Å². The summed E-state index contributed by atoms with van der Waals surface area (Å²) in [6.07, 6.45) is 56.9. The van der Waals surface area contributed by atoms with E-state index in [1.165, 1.54) is 77.0 Å². The van der Waals surface area contributed by atoms with Crippen molar-refractivity contribution in [1.82, 2.24) is 0 Å². The third-order valence-electron chi connectivity index (χ3n) is 14.0. The smallest absolute Gasteiger partial charge is 0.306 e. The van der Waals surface area contributed by atoms with Crippen molar-refractivity contribution in [3.63, 3.8) is 0 Å². The Bertz CT molecular complexity index is 1800. The van der Waals surface area contributed by atoms with Gasteiger partial charge in [-0.1, -0.05) is 206 Å². The van der Waals surface area contributed by atoms with Crippen LogP contribution in [0.25, 0.3) is 0 Å². The van der Waals surface area contributed by atoms with Crippen LogP contribution in [0.3, 0.4) is 0 Å². The van der Waals surface area contributed by atoms with Gasteiger partial charge in [0.25, 0.3) is 0 Å². The summed E-state index contributed by atoms with van der Waals surface area (Å²) < 4.78 is 34.4. The number of aliphatic hydroxyl groups is 7. The molecule has 0 aromatic heterocycles. The maximum Gasteiger partial charge on any atom is 0.306 e. The lowest BCUT2D eigenvalue weighted by molar-refractivity contribution is -0.332. The molecular weight excluding hydrogens is 1030 g/mol. The molecule has 0 radical (unpaired) electrons. The van der Waals surface area contributed by atoms with Gasteiger partial charge in [-0.25, -0.2) is 0 Å². The Balaban J connectivity index is 1.73. The molecule has 0 bridgehead atoms. The fraction of sp³-hybridized carbons (Fsp3) is 0.687. The second-order valence-corrected chi connectivity index (χ2v) is 21.1. The molecule has 2 fully saturated rings. The van der Waals surface area contributed by atoms with Crippen molar-refractivity contribution in [2.45, 2.75) is 261 Å². The zero-order chi connectivity index (χ0) is 58.6. The molecule has 2 saturated heterocycles. The van der Waals surface area contributed by atoms with Crippen molar-refractivity contribution < 1.29 is 69.0 Å². The van der Waals surface area contributed by atoms with Crippen LogP contribution in [0.1, 0.15) is 194 Å². The Labute approximate surface area is 488 Å². The zero-order valence-electron chi connectivity index (χ0n) is 49.7. The molecule has 2 aliphatic heterocycles. The van der Waals surface area contributed by atoms with E-state index in [-0.39, 0.29) is 19.6 Å². The highest BCUT2D eigenvalue weighted by Crippen LogP contribution is 2.26. The van der Waals surface area contributed by atoms with Gasteiger partial charge < -0.3 is 64.2 Å². The van der Waals surface area contributed by atoms with Crippen molar-refractivity contribution >= 4 is 5.97 Å². The lowest BCUT2D eigenvalue weighted by Gasteiger charge is -2.42. The first kappa shape index (κ1) is 73.5. The molecule has 2 aliphatic rings. The monoisotopic (exact) mass is 1140 g/mol. The summed E-state index contributed by atoms with van der Waals surface area (Å²) >= 11 is 0. The third kappa shape index (κ3) is 38.1. The van der Waals surface area contributed by atoms with E-state index in [1.807, 2.05) is 6.08 Å². The maximum atomic E-state index is 13.1. The van der Waals surface area contributed by atoms with E-state index >= 15 is 0 Å². The first-order valence-electron chi connectivity index (χ1n) is 31.1. The Kier molecular flexibility index (Phi) is 47.2. The molecule has 0 aromatic carbocycles. The van der Waals surface area contributed by atoms with Gasteiger partial charge in [0.2, 0.25) is 0 Å². The van der Waals surface area contributed by atoms with Crippen LogP contribution in [-0.2, 0) is 33.2 Å². The summed E-state index contributed by atoms with van der Waals surface area (Å²) in [6.45, 7) is 3.46. The van der Waals surface area contributed by atoms with E-state index in [4.69, 9.17) is 28.4 Å². The molecule has 0 aromatic rings. The summed E-state index contributed by atoms with van der Waals surface area (Å²) in [7, 11) is 0. The van der Waals surface area contributed by atoms with Crippen molar-refractivity contribution in [2.75, 3.05) is 33.0 Å². The average molecular weight is 1140 g/mol. The molecule has 0 amide bonds. The minimum atomic E-state index is -1.73. The van der Waals surface area contributed by atoms with Crippen LogP contribution in [0.4, 0.5) is 0 Å². The zero-order valence-corrected chi connectivity index (χ0v) is 49.7. The van der Waals surface area contributed by atoms with Crippen LogP contribution in [0, 0.1) is 0 Å². The van der Waals surface area contributed by atoms with Gasteiger partial charge in [-0.15, -0.1) is 0 Å². The van der Waals surface area contributed by atoms with Crippen LogP contribution >= 0.6 is 0 Å². The number of hydrogen-bond donors (Lipinski definition) is 7. The van der Waals surface area contributed by atoms with Gasteiger partial charge in [-0.3, -0.25) is 4.79 Å². The van der Waals surface area contributed by atoms with Gasteiger partial charge in [-0.05, 0) is 103 Å². The standard InChI is InChI=1S/C67H110O14/c1-3-5-7-9-11-13-15-17-19-21-23-25-27-29-31-33-35-37-39-41-43-45-47-49-51-76-53-56(54-77-66-65(75)63(73)61(71)58(81-66)55-78-67-64(74)62(72)60(70)57(52-68)80-67)79-59(69)50-48-46-44-42-40-38-36-34-32-30-28-26-24-22-20-18-16-14-12-10-8-6-4-2/h6,8,12,14-15,17-18,20-21,23-24,26-27,29-30,32,36,38,42,44,56-58,60-68,70-75H,3-5,7,9-11,13,16,19,22,25,28,31,33-35,37,39-41,43,45-55H2,1-2H3/b8-6-,14-12-,17-15-,20-18-,23-21-,26-24-,29-27-,32-30-,38-36-,44-42-. The first-order chi connectivity index (χ1) is 39.6. The highest BCUT2D eigenvalue weighted by Gasteiger charge is 2.47. The molecule has 14 nitrogen and oxygen atoms in total. The van der Waals surface area contributed by atoms with Crippen LogP contribution < -0.4 is 0 Å². The lowest BCUT2D eigenvalue weighted by atomic mass is 9.98. The highest BCUT2D eigenvalue weighted by atomic mass is 16.7. The Morgan fingerprint density at radius 2 is 0.802 bits per heavy atom. The summed E-state index contributed by atoms with van der Waals surface area (Å²) in [4.78, 5) is 13.1. The molecule has 11 unspecified atom stereocenters. The third-order valence-corrected chi connectivity index (χ3v) is 14.0. The number of ether oxygens (including phenoxy) is 6. The second kappa shape index (κ2) is 52.0. The molecule has 0 aliphatic carbocycles. The summed E-state index contributed by atoms with van der Waals surface area (Å²) in [5, 5.41) is 72.5. The fourth-order valence-electron chi connectivity index (χ4n) is 8.99. The Morgan fingerprint density at radius 1 is 0.420 bits per heavy atom. The molecule has 0 spiro atoms. The fourth-order valence-corrected chi connectivity index (χ4v) is 8.99. The predicted molar refractivity (Wildman–Crippen MR) is 325 cm³/mol. The van der Waals surface area contributed by atoms with Crippen molar-refractivity contribution in [3.05, 3.63) is 122 Å². The summed E-state index contributed by atoms with van der Waals surface area (Å²) in [5.74, 6) is -0.439. The van der Waals surface area contributed by atoms with Crippen LogP contribution in [0.2, 0.25) is 0 Å². The molecule has 81 heavy (non-hydrogen) atoms. The highest BCUT2D eigenvalue weighted by molar-refractivity contribution is 5.69. The normalized spacial score (nSPS) is 24.6. The van der Waals surface area contributed by atoms with Crippen LogP contribution in [-0.4, -0.2) is 142 Å². The number of allylic oxidation sites excluding steroid dienone is 20. The number of aliphatic hydroxyl groups excluding tert-OH is 7. The van der Waals surface area contributed by atoms with E-state index in [0.717, 1.165) is 83.5 Å². The minimum Gasteiger partial charge on any atom is -0.457 e. The largest absolute Gasteiger partial charge is 0.457 e. The molecule has 7 N–H and O–H groups in total. The lowest BCUT2D eigenvalue weighted by Crippen LogP contribution is -2.61. The quantitative estimate of drug-likeness (QED) is 0.0172. The molecule has 462 valence electrons. The van der Waals surface area contributed by atoms with Crippen molar-refractivity contribution in [3.8, 4) is 0 Å². The van der Waals surface area contributed by atoms with Gasteiger partial charge in [0.05, 0.1) is 26.4 Å². The number of hydrogen-bond acceptors (Lipinski definition) is 14. The van der Waals surface area contributed by atoms with Crippen molar-refractivity contribution in [1.29, 1.82) is 0 Å². The molecule has 0 saturated carbocycles. The van der Waals surface area contributed by atoms with Gasteiger partial charge >= 0.3 is 5.97 Å². The van der Waals surface area contributed by atoms with E-state index in [1.54, 1.807) is 0 Å². The molecule has 2 rings (SSSR count). The van der Waals surface area contributed by atoms with Gasteiger partial charge in [0, 0.05) is 13.0 Å². The average Bonchev–Trinajstić information content (AvgIpc) is 3.46. The number of carbonyl (C=O) groups is 1. The molecule has 11 atom stereocenters. The van der Waals surface area contributed by atoms with Crippen molar-refractivity contribution in [2.24, 2.45) is 0 Å². The summed E-state index contributed by atoms with van der Waals surface area (Å²) in [5.41, 5.74) is 0. The second-order valence-electron chi connectivity index (χ2n) is 21.1. The number of rotatable bonds is 49. The van der Waals surface area contributed by atoms with E-state index in [0.29, 0.717) is 19.4 Å². The summed E-state index contributed by atoms with van der Waals surface area (Å²) in [6, 6.07) is 0. The maximum absolute atomic E-state index is 13.1. The predicted octanol–water partition coefficient (Wildman–Crippen LogP) is 12.1. The van der Waals surface area contributed by atoms with E-state index in [2.05, 4.69) is 129 Å². The number of esters is 1. The van der Waals surface area contributed by atoms with Crippen LogP contribution in [0.15, 0.2) is 122 Å². The van der Waals surface area contributed by atoms with E-state index in [9.17, 15) is 40.5 Å². The minimum absolute atomic E-state index is 0.0259. The van der Waals surface area contributed by atoms with Gasteiger partial charge in [0.15, 0.2) is 12.6 Å². The Hall–Kier alpha value is -3.61. The van der Waals surface area contributed by atoms with Gasteiger partial charge in [0.1, 0.15) is 54.9 Å². The molecule has 2 heterocycles. The van der Waals surface area contributed by atoms with Crippen LogP contribution in [0.5, 0.6) is 0 Å². The number of carbonyl (C=O) groups excluding carboxylic acids is 1. The number of unbranched alkanes of at least 4 members (excludes halogenated alkanes) is 15. The molecular formula is C67H110O14. The Morgan fingerprint density at radius 3 is 1.26 bits per heavy atom.